The first-order chi connectivity index (χ1) is 9.49. The first kappa shape index (κ1) is 15.1. The van der Waals surface area contributed by atoms with Gasteiger partial charge in [-0.3, -0.25) is 0 Å². The second-order valence-electron chi connectivity index (χ2n) is 4.42. The molecule has 0 fully saturated rings. The summed E-state index contributed by atoms with van der Waals surface area (Å²) in [5, 5.41) is 2.91. The summed E-state index contributed by atoms with van der Waals surface area (Å²) in [6, 6.07) is 9.92. The van der Waals surface area contributed by atoms with E-state index in [-0.39, 0.29) is 0 Å². The molecule has 0 saturated heterocycles. The summed E-state index contributed by atoms with van der Waals surface area (Å²) in [7, 11) is -0.355. The molecule has 0 bridgehead atoms. The highest BCUT2D eigenvalue weighted by Crippen LogP contribution is 2.21. The average molecular weight is 311 g/mol. The van der Waals surface area contributed by atoms with E-state index in [2.05, 4.69) is 9.71 Å². The van der Waals surface area contributed by atoms with E-state index in [1.807, 2.05) is 35.7 Å². The Kier molecular flexibility index (Phi) is 4.87. The summed E-state index contributed by atoms with van der Waals surface area (Å²) in [6.45, 7) is 0.349. The highest BCUT2D eigenvalue weighted by Gasteiger charge is 2.12. The third-order valence-electron chi connectivity index (χ3n) is 2.73. The molecular formula is C13H17N3O2S2. The largest absolute Gasteiger partial charge is 0.278 e. The fourth-order valence-corrected chi connectivity index (χ4v) is 3.01. The molecule has 5 nitrogen and oxygen atoms in total. The van der Waals surface area contributed by atoms with Crippen LogP contribution in [0.1, 0.15) is 5.01 Å². The van der Waals surface area contributed by atoms with Gasteiger partial charge in [-0.1, -0.05) is 30.3 Å². The van der Waals surface area contributed by atoms with Crippen LogP contribution in [0.2, 0.25) is 0 Å². The lowest BCUT2D eigenvalue weighted by atomic mass is 10.2. The van der Waals surface area contributed by atoms with Gasteiger partial charge in [0.05, 0.1) is 10.7 Å². The molecule has 0 aliphatic carbocycles. The number of rotatable bonds is 6. The number of benzene rings is 1. The van der Waals surface area contributed by atoms with Crippen molar-refractivity contribution in [2.75, 3.05) is 20.6 Å². The zero-order valence-electron chi connectivity index (χ0n) is 11.4. The lowest BCUT2D eigenvalue weighted by molar-refractivity contribution is 0.506. The van der Waals surface area contributed by atoms with E-state index in [0.29, 0.717) is 13.0 Å². The van der Waals surface area contributed by atoms with E-state index in [4.69, 9.17) is 0 Å². The zero-order valence-corrected chi connectivity index (χ0v) is 13.0. The SMILES string of the molecule is CN(C)S(=O)(=O)NCCc1nc(-c2ccccc2)cs1. The van der Waals surface area contributed by atoms with Crippen LogP contribution in [0, 0.1) is 0 Å². The molecule has 0 unspecified atom stereocenters. The van der Waals surface area contributed by atoms with Crippen LogP contribution in [-0.4, -0.2) is 38.3 Å². The minimum Gasteiger partial charge on any atom is -0.241 e. The van der Waals surface area contributed by atoms with Crippen molar-refractivity contribution < 1.29 is 8.42 Å². The Balaban J connectivity index is 1.94. The van der Waals surface area contributed by atoms with Crippen molar-refractivity contribution in [3.8, 4) is 11.3 Å². The smallest absolute Gasteiger partial charge is 0.241 e. The summed E-state index contributed by atoms with van der Waals surface area (Å²) in [5.74, 6) is 0. The third kappa shape index (κ3) is 3.86. The van der Waals surface area contributed by atoms with Crippen LogP contribution >= 0.6 is 11.3 Å². The summed E-state index contributed by atoms with van der Waals surface area (Å²) < 4.78 is 26.8. The van der Waals surface area contributed by atoms with Crippen LogP contribution < -0.4 is 4.72 Å². The van der Waals surface area contributed by atoms with Crippen LogP contribution in [0.25, 0.3) is 11.3 Å². The number of hydrogen-bond acceptors (Lipinski definition) is 4. The van der Waals surface area contributed by atoms with Crippen LogP contribution in [0.3, 0.4) is 0 Å². The number of thiazole rings is 1. The highest BCUT2D eigenvalue weighted by atomic mass is 32.2. The predicted octanol–water partition coefficient (Wildman–Crippen LogP) is 1.75. The second kappa shape index (κ2) is 6.45. The molecule has 1 aromatic heterocycles. The normalized spacial score (nSPS) is 11.9. The standard InChI is InChI=1S/C13H17N3O2S2/c1-16(2)20(17,18)14-9-8-13-15-12(10-19-13)11-6-4-3-5-7-11/h3-7,10,14H,8-9H2,1-2H3. The summed E-state index contributed by atoms with van der Waals surface area (Å²) in [4.78, 5) is 4.52. The second-order valence-corrected chi connectivity index (χ2v) is 7.34. The van der Waals surface area contributed by atoms with Crippen LogP contribution in [0.15, 0.2) is 35.7 Å². The van der Waals surface area contributed by atoms with E-state index >= 15 is 0 Å². The molecule has 1 N–H and O–H groups in total. The fourth-order valence-electron chi connectivity index (χ4n) is 1.58. The quantitative estimate of drug-likeness (QED) is 0.884. The Bertz CT molecular complexity index is 651. The number of nitrogens with zero attached hydrogens (tertiary/aromatic N) is 2. The van der Waals surface area contributed by atoms with E-state index < -0.39 is 10.2 Å². The fraction of sp³-hybridized carbons (Fsp3) is 0.308. The van der Waals surface area contributed by atoms with Crippen LogP contribution in [0.4, 0.5) is 0 Å². The molecule has 0 amide bonds. The third-order valence-corrected chi connectivity index (χ3v) is 5.16. The Morgan fingerprint density at radius 2 is 1.95 bits per heavy atom. The lowest BCUT2D eigenvalue weighted by Crippen LogP contribution is -2.36. The van der Waals surface area contributed by atoms with E-state index in [0.717, 1.165) is 20.6 Å². The van der Waals surface area contributed by atoms with Crippen molar-refractivity contribution in [3.63, 3.8) is 0 Å². The van der Waals surface area contributed by atoms with Crippen molar-refractivity contribution in [3.05, 3.63) is 40.7 Å². The molecular weight excluding hydrogens is 294 g/mol. The first-order valence-corrected chi connectivity index (χ1v) is 8.48. The van der Waals surface area contributed by atoms with Crippen molar-refractivity contribution in [2.45, 2.75) is 6.42 Å². The van der Waals surface area contributed by atoms with Gasteiger partial charge in [0.2, 0.25) is 0 Å². The van der Waals surface area contributed by atoms with Crippen molar-refractivity contribution >= 4 is 21.5 Å². The minimum absolute atomic E-state index is 0.349. The molecule has 2 aromatic rings. The number of nitrogens with one attached hydrogen (secondary N) is 1. The van der Waals surface area contributed by atoms with Crippen molar-refractivity contribution in [2.24, 2.45) is 0 Å². The molecule has 1 heterocycles. The Hall–Kier alpha value is -1.28. The molecule has 0 aliphatic heterocycles. The molecule has 0 atom stereocenters. The number of aromatic nitrogens is 1. The van der Waals surface area contributed by atoms with E-state index in [1.165, 1.54) is 14.1 Å². The molecule has 7 heteroatoms. The molecule has 1 aromatic carbocycles. The minimum atomic E-state index is -3.35. The maximum Gasteiger partial charge on any atom is 0.278 e. The molecule has 0 spiro atoms. The monoisotopic (exact) mass is 311 g/mol. The molecule has 0 saturated carbocycles. The van der Waals surface area contributed by atoms with Gasteiger partial charge in [0.1, 0.15) is 0 Å². The van der Waals surface area contributed by atoms with Gasteiger partial charge >= 0.3 is 0 Å². The summed E-state index contributed by atoms with van der Waals surface area (Å²) >= 11 is 1.54. The lowest BCUT2D eigenvalue weighted by Gasteiger charge is -2.11. The van der Waals surface area contributed by atoms with Gasteiger partial charge in [0, 0.05) is 38.0 Å². The Labute approximate surface area is 123 Å². The van der Waals surface area contributed by atoms with Gasteiger partial charge in [-0.15, -0.1) is 11.3 Å². The molecule has 108 valence electrons. The van der Waals surface area contributed by atoms with Crippen molar-refractivity contribution in [1.82, 2.24) is 14.0 Å². The highest BCUT2D eigenvalue weighted by molar-refractivity contribution is 7.87. The average Bonchev–Trinajstić information content (AvgIpc) is 2.88. The first-order valence-electron chi connectivity index (χ1n) is 6.16. The predicted molar refractivity (Wildman–Crippen MR) is 81.9 cm³/mol. The number of hydrogen-bond donors (Lipinski definition) is 1. The zero-order chi connectivity index (χ0) is 14.6. The molecule has 0 radical (unpaired) electrons. The van der Waals surface area contributed by atoms with Crippen molar-refractivity contribution in [1.29, 1.82) is 0 Å². The van der Waals surface area contributed by atoms with E-state index in [1.54, 1.807) is 11.3 Å². The molecule has 0 aliphatic rings. The van der Waals surface area contributed by atoms with Gasteiger partial charge in [-0.2, -0.15) is 12.7 Å². The van der Waals surface area contributed by atoms with Crippen LogP contribution in [-0.2, 0) is 16.6 Å². The van der Waals surface area contributed by atoms with Gasteiger partial charge < -0.3 is 0 Å². The Morgan fingerprint density at radius 3 is 2.60 bits per heavy atom. The maximum absolute atomic E-state index is 11.5. The van der Waals surface area contributed by atoms with Gasteiger partial charge in [-0.05, 0) is 0 Å². The maximum atomic E-state index is 11.5. The van der Waals surface area contributed by atoms with Crippen LogP contribution in [0.5, 0.6) is 0 Å². The van der Waals surface area contributed by atoms with Gasteiger partial charge in [0.15, 0.2) is 0 Å². The molecule has 20 heavy (non-hydrogen) atoms. The van der Waals surface area contributed by atoms with Gasteiger partial charge in [-0.25, -0.2) is 9.71 Å². The van der Waals surface area contributed by atoms with Gasteiger partial charge in [0.25, 0.3) is 10.2 Å². The van der Waals surface area contributed by atoms with E-state index in [9.17, 15) is 8.42 Å². The topological polar surface area (TPSA) is 62.3 Å². The Morgan fingerprint density at radius 1 is 1.25 bits per heavy atom. The summed E-state index contributed by atoms with van der Waals surface area (Å²) in [6.07, 6.45) is 0.588. The molecule has 2 rings (SSSR count). The summed E-state index contributed by atoms with van der Waals surface area (Å²) in [5.41, 5.74) is 2.00.